The molecule has 0 aliphatic heterocycles. The first-order chi connectivity index (χ1) is 14.8. The highest BCUT2D eigenvalue weighted by Crippen LogP contribution is 2.32. The van der Waals surface area contributed by atoms with Crippen molar-refractivity contribution in [3.05, 3.63) is 57.7 Å². The zero-order valence-corrected chi connectivity index (χ0v) is 18.7. The number of carbonyl (C=O) groups excluding carboxylic acids is 2. The Morgan fingerprint density at radius 1 is 1.16 bits per heavy atom. The average Bonchev–Trinajstić information content (AvgIpc) is 2.74. The number of carboxylic acid groups (broad SMARTS) is 1. The number of amides is 1. The fourth-order valence-corrected chi connectivity index (χ4v) is 2.90. The first-order valence-corrected chi connectivity index (χ1v) is 10.1. The summed E-state index contributed by atoms with van der Waals surface area (Å²) < 4.78 is 16.5. The molecule has 7 nitrogen and oxygen atoms in total. The Morgan fingerprint density at radius 3 is 2.42 bits per heavy atom. The van der Waals surface area contributed by atoms with E-state index in [2.05, 4.69) is 5.32 Å². The molecule has 0 spiro atoms. The lowest BCUT2D eigenvalue weighted by Crippen LogP contribution is -2.37. The third-order valence-corrected chi connectivity index (χ3v) is 4.85. The van der Waals surface area contributed by atoms with Gasteiger partial charge in [-0.3, -0.25) is 4.79 Å². The zero-order chi connectivity index (χ0) is 23.0. The Bertz CT molecular complexity index is 963. The number of benzene rings is 2. The number of carboxylic acids is 1. The molecular formula is C23H25ClNO6-. The van der Waals surface area contributed by atoms with Crippen molar-refractivity contribution in [2.75, 3.05) is 20.3 Å². The number of halogens is 1. The molecule has 0 radical (unpaired) electrons. The topological polar surface area (TPSA) is 96.9 Å². The monoisotopic (exact) mass is 446 g/mol. The van der Waals surface area contributed by atoms with Crippen LogP contribution in [0.4, 0.5) is 0 Å². The molecule has 2 rings (SSSR count). The third kappa shape index (κ3) is 6.65. The van der Waals surface area contributed by atoms with Crippen LogP contribution in [-0.2, 0) is 9.59 Å². The predicted octanol–water partition coefficient (Wildman–Crippen LogP) is 3.04. The van der Waals surface area contributed by atoms with E-state index < -0.39 is 17.6 Å². The number of hydrogen-bond donors (Lipinski definition) is 1. The fraction of sp³-hybridized carbons (Fsp3) is 0.304. The Labute approximate surface area is 186 Å². The van der Waals surface area contributed by atoms with E-state index in [-0.39, 0.29) is 6.61 Å². The molecule has 2 aromatic rings. The molecule has 0 unspecified atom stereocenters. The Kier molecular flexibility index (Phi) is 8.75. The highest BCUT2D eigenvalue weighted by atomic mass is 35.5. The van der Waals surface area contributed by atoms with Crippen LogP contribution in [0.1, 0.15) is 30.0 Å². The van der Waals surface area contributed by atoms with Crippen molar-refractivity contribution < 1.29 is 28.9 Å². The number of rotatable bonds is 10. The van der Waals surface area contributed by atoms with Crippen LogP contribution in [0.25, 0.3) is 6.08 Å². The van der Waals surface area contributed by atoms with Crippen molar-refractivity contribution in [1.82, 2.24) is 5.32 Å². The molecule has 0 atom stereocenters. The van der Waals surface area contributed by atoms with E-state index >= 15 is 0 Å². The van der Waals surface area contributed by atoms with Gasteiger partial charge in [-0.15, -0.1) is 0 Å². The van der Waals surface area contributed by atoms with Crippen molar-refractivity contribution in [3.8, 4) is 17.2 Å². The van der Waals surface area contributed by atoms with Gasteiger partial charge in [0.1, 0.15) is 5.75 Å². The summed E-state index contributed by atoms with van der Waals surface area (Å²) in [6, 6.07) is 8.44. The van der Waals surface area contributed by atoms with Crippen molar-refractivity contribution in [3.63, 3.8) is 0 Å². The summed E-state index contributed by atoms with van der Waals surface area (Å²) in [5.74, 6) is -0.918. The number of hydrogen-bond acceptors (Lipinski definition) is 6. The largest absolute Gasteiger partial charge is 0.543 e. The van der Waals surface area contributed by atoms with Gasteiger partial charge in [0.15, 0.2) is 18.1 Å². The molecule has 0 fully saturated rings. The van der Waals surface area contributed by atoms with Gasteiger partial charge in [-0.2, -0.15) is 0 Å². The smallest absolute Gasteiger partial charge is 0.262 e. The molecule has 166 valence electrons. The lowest BCUT2D eigenvalue weighted by atomic mass is 10.1. The van der Waals surface area contributed by atoms with Crippen molar-refractivity contribution in [2.24, 2.45) is 0 Å². The molecule has 0 aromatic heterocycles. The minimum absolute atomic E-state index is 0.378. The van der Waals surface area contributed by atoms with E-state index in [1.165, 1.54) is 13.2 Å². The maximum absolute atomic E-state index is 12.3. The molecule has 8 heteroatoms. The lowest BCUT2D eigenvalue weighted by Gasteiger charge is -2.15. The van der Waals surface area contributed by atoms with Crippen LogP contribution in [0.2, 0.25) is 5.02 Å². The van der Waals surface area contributed by atoms with E-state index in [1.54, 1.807) is 30.3 Å². The summed E-state index contributed by atoms with van der Waals surface area (Å²) in [7, 11) is 1.49. The normalized spacial score (nSPS) is 11.1. The lowest BCUT2D eigenvalue weighted by molar-refractivity contribution is -0.299. The van der Waals surface area contributed by atoms with Crippen LogP contribution in [0.3, 0.4) is 0 Å². The number of aryl methyl sites for hydroxylation is 2. The van der Waals surface area contributed by atoms with Gasteiger partial charge in [-0.1, -0.05) is 30.7 Å². The van der Waals surface area contributed by atoms with Crippen molar-refractivity contribution in [1.29, 1.82) is 0 Å². The number of aliphatic carboxylic acids is 1. The van der Waals surface area contributed by atoms with Crippen molar-refractivity contribution >= 4 is 29.6 Å². The van der Waals surface area contributed by atoms with Crippen LogP contribution in [0.15, 0.2) is 36.0 Å². The van der Waals surface area contributed by atoms with Crippen LogP contribution >= 0.6 is 11.6 Å². The highest BCUT2D eigenvalue weighted by Gasteiger charge is 2.13. The van der Waals surface area contributed by atoms with Gasteiger partial charge >= 0.3 is 0 Å². The second-order valence-corrected chi connectivity index (χ2v) is 7.16. The molecule has 0 bridgehead atoms. The predicted molar refractivity (Wildman–Crippen MR) is 116 cm³/mol. The molecule has 0 saturated carbocycles. The number of nitrogens with one attached hydrogen (secondary N) is 1. The van der Waals surface area contributed by atoms with Gasteiger partial charge in [-0.25, -0.2) is 0 Å². The summed E-state index contributed by atoms with van der Waals surface area (Å²) in [5.41, 5.74) is 1.62. The summed E-state index contributed by atoms with van der Waals surface area (Å²) in [6.45, 7) is 5.63. The summed E-state index contributed by atoms with van der Waals surface area (Å²) in [4.78, 5) is 23.9. The minimum Gasteiger partial charge on any atom is -0.543 e. The number of carbonyl (C=O) groups is 2. The third-order valence-electron chi connectivity index (χ3n) is 4.25. The first-order valence-electron chi connectivity index (χ1n) is 9.69. The molecule has 0 heterocycles. The second kappa shape index (κ2) is 11.3. The van der Waals surface area contributed by atoms with Crippen molar-refractivity contribution in [2.45, 2.75) is 27.2 Å². The van der Waals surface area contributed by atoms with Gasteiger partial charge in [0.05, 0.1) is 25.4 Å². The molecular weight excluding hydrogens is 422 g/mol. The van der Waals surface area contributed by atoms with Gasteiger partial charge in [0.2, 0.25) is 0 Å². The average molecular weight is 447 g/mol. The van der Waals surface area contributed by atoms with E-state index in [4.69, 9.17) is 25.8 Å². The molecule has 2 aromatic carbocycles. The van der Waals surface area contributed by atoms with Gasteiger partial charge in [0.25, 0.3) is 5.91 Å². The molecule has 0 aliphatic carbocycles. The van der Waals surface area contributed by atoms with Gasteiger partial charge in [0, 0.05) is 10.6 Å². The number of para-hydroxylation sites is 1. The highest BCUT2D eigenvalue weighted by molar-refractivity contribution is 6.32. The van der Waals surface area contributed by atoms with Crippen LogP contribution in [0.5, 0.6) is 17.2 Å². The SMILES string of the molecule is CCCOc1c(/C=C(/NC(=O)COc2cc(C)c(Cl)c(C)c2)C(=O)[O-])cccc1OC. The van der Waals surface area contributed by atoms with Gasteiger partial charge < -0.3 is 29.4 Å². The van der Waals surface area contributed by atoms with E-state index in [1.807, 2.05) is 20.8 Å². The maximum atomic E-state index is 12.3. The van der Waals surface area contributed by atoms with E-state index in [0.29, 0.717) is 34.4 Å². The molecule has 1 amide bonds. The molecule has 0 aliphatic rings. The maximum Gasteiger partial charge on any atom is 0.262 e. The van der Waals surface area contributed by atoms with Crippen LogP contribution in [-0.4, -0.2) is 32.2 Å². The minimum atomic E-state index is -1.55. The Hall–Kier alpha value is -3.19. The Balaban J connectivity index is 2.18. The number of methoxy groups -OCH3 is 1. The standard InChI is InChI=1S/C23H26ClNO6/c1-5-9-30-22-16(7-6-8-19(22)29-4)12-18(23(27)28)25-20(26)13-31-17-10-14(2)21(24)15(3)11-17/h6-8,10-12H,5,9,13H2,1-4H3,(H,25,26)(H,27,28)/p-1/b18-12+. The Morgan fingerprint density at radius 2 is 1.84 bits per heavy atom. The molecule has 1 N–H and O–H groups in total. The van der Waals surface area contributed by atoms with E-state index in [9.17, 15) is 14.7 Å². The summed E-state index contributed by atoms with van der Waals surface area (Å²) in [5, 5.41) is 14.5. The van der Waals surface area contributed by atoms with E-state index in [0.717, 1.165) is 17.5 Å². The number of ether oxygens (including phenoxy) is 3. The van der Waals surface area contributed by atoms with Gasteiger partial charge in [-0.05, 0) is 55.7 Å². The van der Waals surface area contributed by atoms with Crippen LogP contribution in [0, 0.1) is 13.8 Å². The summed E-state index contributed by atoms with van der Waals surface area (Å²) >= 11 is 6.13. The second-order valence-electron chi connectivity index (χ2n) is 6.78. The zero-order valence-electron chi connectivity index (χ0n) is 17.9. The molecule has 31 heavy (non-hydrogen) atoms. The van der Waals surface area contributed by atoms with Crippen LogP contribution < -0.4 is 24.6 Å². The quantitative estimate of drug-likeness (QED) is 0.563. The first kappa shape index (κ1) is 24.1. The molecule has 0 saturated heterocycles. The summed E-state index contributed by atoms with van der Waals surface area (Å²) in [6.07, 6.45) is 2.02. The fourth-order valence-electron chi connectivity index (χ4n) is 2.79.